The maximum absolute atomic E-state index is 13.0. The Labute approximate surface area is 206 Å². The van der Waals surface area contributed by atoms with Crippen molar-refractivity contribution in [3.05, 3.63) is 117 Å². The number of rotatable bonds is 7. The quantitative estimate of drug-likeness (QED) is 0.350. The first-order valence-electron chi connectivity index (χ1n) is 11.2. The van der Waals surface area contributed by atoms with Crippen LogP contribution < -0.4 is 10.9 Å². The summed E-state index contributed by atoms with van der Waals surface area (Å²) in [6.45, 7) is 1.81. The predicted octanol–water partition coefficient (Wildman–Crippen LogP) is 4.76. The third kappa shape index (κ3) is 5.12. The minimum Gasteiger partial charge on any atom is -0.310 e. The van der Waals surface area contributed by atoms with Crippen LogP contribution in [0, 0.1) is 6.92 Å². The summed E-state index contributed by atoms with van der Waals surface area (Å²) >= 11 is 1.54. The largest absolute Gasteiger partial charge is 0.310 e. The third-order valence-corrected chi connectivity index (χ3v) is 6.48. The Morgan fingerprint density at radius 1 is 1.00 bits per heavy atom. The van der Waals surface area contributed by atoms with E-state index in [1.54, 1.807) is 17.4 Å². The molecule has 0 aliphatic rings. The molecule has 0 spiro atoms. The van der Waals surface area contributed by atoms with Crippen LogP contribution in [0.3, 0.4) is 0 Å². The Morgan fingerprint density at radius 3 is 2.37 bits per heavy atom. The molecule has 0 bridgehead atoms. The minimum absolute atomic E-state index is 0.185. The number of anilines is 1. The average Bonchev–Trinajstić information content (AvgIpc) is 3.53. The van der Waals surface area contributed by atoms with Crippen LogP contribution in [0.1, 0.15) is 22.4 Å². The van der Waals surface area contributed by atoms with Gasteiger partial charge in [0.2, 0.25) is 11.9 Å². The van der Waals surface area contributed by atoms with Gasteiger partial charge in [-0.25, -0.2) is 4.98 Å². The van der Waals surface area contributed by atoms with Gasteiger partial charge in [0.25, 0.3) is 5.56 Å². The molecular formula is C27H23N5O2S. The van der Waals surface area contributed by atoms with Gasteiger partial charge in [-0.05, 0) is 29.5 Å². The van der Waals surface area contributed by atoms with Gasteiger partial charge in [0.05, 0.1) is 17.0 Å². The van der Waals surface area contributed by atoms with Gasteiger partial charge in [0.15, 0.2) is 0 Å². The zero-order chi connectivity index (χ0) is 24.2. The molecule has 0 saturated carbocycles. The standard InChI is InChI=1S/C27H23N5O2S/c1-18-21(15-19-9-4-2-5-10-19)26(34)30-27(28-18)32-24(17-22(31-32)23-13-8-14-35-23)29-25(33)16-20-11-6-3-7-12-20/h2-14,17H,15-16H2,1H3,(H,29,33)(H,28,30,34). The second kappa shape index (κ2) is 9.90. The van der Waals surface area contributed by atoms with E-state index >= 15 is 0 Å². The van der Waals surface area contributed by atoms with Crippen molar-refractivity contribution in [3.63, 3.8) is 0 Å². The van der Waals surface area contributed by atoms with Crippen molar-refractivity contribution < 1.29 is 4.79 Å². The molecule has 1 amide bonds. The molecule has 2 aromatic carbocycles. The van der Waals surface area contributed by atoms with Gasteiger partial charge in [-0.2, -0.15) is 9.78 Å². The van der Waals surface area contributed by atoms with Gasteiger partial charge in [0.1, 0.15) is 11.5 Å². The smallest absolute Gasteiger partial charge is 0.256 e. The fraction of sp³-hybridized carbons (Fsp3) is 0.111. The summed E-state index contributed by atoms with van der Waals surface area (Å²) in [5.74, 6) is 0.504. The number of carbonyl (C=O) groups excluding carboxylic acids is 1. The highest BCUT2D eigenvalue weighted by atomic mass is 32.1. The first-order chi connectivity index (χ1) is 17.1. The normalized spacial score (nSPS) is 10.9. The Morgan fingerprint density at radius 2 is 1.71 bits per heavy atom. The van der Waals surface area contributed by atoms with E-state index in [1.807, 2.05) is 85.1 Å². The van der Waals surface area contributed by atoms with Gasteiger partial charge >= 0.3 is 0 Å². The van der Waals surface area contributed by atoms with Crippen molar-refractivity contribution in [2.75, 3.05) is 5.32 Å². The maximum Gasteiger partial charge on any atom is 0.256 e. The van der Waals surface area contributed by atoms with Crippen LogP contribution in [0.2, 0.25) is 0 Å². The molecule has 0 aliphatic heterocycles. The summed E-state index contributed by atoms with van der Waals surface area (Å²) in [6.07, 6.45) is 0.703. The number of hydrogen-bond acceptors (Lipinski definition) is 5. The molecule has 174 valence electrons. The molecule has 2 N–H and O–H groups in total. The number of aromatic nitrogens is 4. The molecule has 0 unspecified atom stereocenters. The van der Waals surface area contributed by atoms with Gasteiger partial charge in [-0.15, -0.1) is 11.3 Å². The summed E-state index contributed by atoms with van der Waals surface area (Å²) in [6, 6.07) is 25.0. The van der Waals surface area contributed by atoms with Crippen molar-refractivity contribution in [2.24, 2.45) is 0 Å². The minimum atomic E-state index is -0.230. The number of amides is 1. The van der Waals surface area contributed by atoms with Gasteiger partial charge in [-0.3, -0.25) is 14.6 Å². The number of thiophene rings is 1. The molecule has 3 aromatic heterocycles. The number of carbonyl (C=O) groups is 1. The molecule has 0 atom stereocenters. The predicted molar refractivity (Wildman–Crippen MR) is 138 cm³/mol. The summed E-state index contributed by atoms with van der Waals surface area (Å²) in [5, 5.41) is 9.56. The van der Waals surface area contributed by atoms with Crippen LogP contribution in [0.4, 0.5) is 5.82 Å². The van der Waals surface area contributed by atoms with Crippen LogP contribution in [0.5, 0.6) is 0 Å². The lowest BCUT2D eigenvalue weighted by Gasteiger charge is -2.11. The fourth-order valence-corrected chi connectivity index (χ4v) is 4.53. The lowest BCUT2D eigenvalue weighted by atomic mass is 10.1. The van der Waals surface area contributed by atoms with Crippen LogP contribution in [0.25, 0.3) is 16.5 Å². The van der Waals surface area contributed by atoms with E-state index in [4.69, 9.17) is 0 Å². The molecular weight excluding hydrogens is 458 g/mol. The van der Waals surface area contributed by atoms with E-state index < -0.39 is 0 Å². The number of nitrogens with one attached hydrogen (secondary N) is 2. The van der Waals surface area contributed by atoms with E-state index in [9.17, 15) is 9.59 Å². The van der Waals surface area contributed by atoms with Crippen molar-refractivity contribution in [3.8, 4) is 16.5 Å². The molecule has 35 heavy (non-hydrogen) atoms. The van der Waals surface area contributed by atoms with E-state index in [0.29, 0.717) is 29.2 Å². The number of aromatic amines is 1. The van der Waals surface area contributed by atoms with Gasteiger partial charge < -0.3 is 5.32 Å². The SMILES string of the molecule is Cc1nc(-n2nc(-c3cccs3)cc2NC(=O)Cc2ccccc2)[nH]c(=O)c1Cc1ccccc1. The molecule has 5 aromatic rings. The van der Waals surface area contributed by atoms with Gasteiger partial charge in [0, 0.05) is 18.1 Å². The zero-order valence-electron chi connectivity index (χ0n) is 19.1. The summed E-state index contributed by atoms with van der Waals surface area (Å²) in [7, 11) is 0. The highest BCUT2D eigenvalue weighted by Crippen LogP contribution is 2.27. The lowest BCUT2D eigenvalue weighted by molar-refractivity contribution is -0.115. The first-order valence-corrected chi connectivity index (χ1v) is 12.1. The topological polar surface area (TPSA) is 92.7 Å². The molecule has 0 saturated heterocycles. The van der Waals surface area contributed by atoms with E-state index in [2.05, 4.69) is 20.4 Å². The monoisotopic (exact) mass is 481 g/mol. The van der Waals surface area contributed by atoms with Crippen LogP contribution in [-0.2, 0) is 17.6 Å². The number of benzene rings is 2. The molecule has 7 nitrogen and oxygen atoms in total. The lowest BCUT2D eigenvalue weighted by Crippen LogP contribution is -2.22. The van der Waals surface area contributed by atoms with Crippen LogP contribution in [0.15, 0.2) is 89.0 Å². The Kier molecular flexibility index (Phi) is 6.36. The van der Waals surface area contributed by atoms with Crippen molar-refractivity contribution in [2.45, 2.75) is 19.8 Å². The number of hydrogen-bond donors (Lipinski definition) is 2. The highest BCUT2D eigenvalue weighted by Gasteiger charge is 2.18. The summed E-state index contributed by atoms with van der Waals surface area (Å²) in [4.78, 5) is 34.3. The Balaban J connectivity index is 1.49. The molecule has 0 radical (unpaired) electrons. The fourth-order valence-electron chi connectivity index (χ4n) is 3.85. The molecule has 5 rings (SSSR count). The number of nitrogens with zero attached hydrogens (tertiary/aromatic N) is 3. The van der Waals surface area contributed by atoms with Crippen LogP contribution in [-0.4, -0.2) is 25.7 Å². The molecule has 0 aliphatic carbocycles. The average molecular weight is 482 g/mol. The van der Waals surface area contributed by atoms with Crippen molar-refractivity contribution in [1.29, 1.82) is 0 Å². The first kappa shape index (κ1) is 22.5. The Bertz CT molecular complexity index is 1510. The summed E-state index contributed by atoms with van der Waals surface area (Å²) < 4.78 is 1.48. The molecule has 3 heterocycles. The highest BCUT2D eigenvalue weighted by molar-refractivity contribution is 7.13. The number of H-pyrrole nitrogens is 1. The zero-order valence-corrected chi connectivity index (χ0v) is 19.9. The second-order valence-corrected chi connectivity index (χ2v) is 9.08. The second-order valence-electron chi connectivity index (χ2n) is 8.13. The van der Waals surface area contributed by atoms with Crippen molar-refractivity contribution >= 4 is 23.1 Å². The van der Waals surface area contributed by atoms with Crippen molar-refractivity contribution in [1.82, 2.24) is 19.7 Å². The summed E-state index contributed by atoms with van der Waals surface area (Å²) in [5.41, 5.74) is 3.60. The maximum atomic E-state index is 13.0. The van der Waals surface area contributed by atoms with Crippen LogP contribution >= 0.6 is 11.3 Å². The number of aryl methyl sites for hydroxylation is 1. The third-order valence-electron chi connectivity index (χ3n) is 5.59. The molecule has 8 heteroatoms. The van der Waals surface area contributed by atoms with Gasteiger partial charge in [-0.1, -0.05) is 66.7 Å². The molecule has 0 fully saturated rings. The Hall–Kier alpha value is -4.30. The van der Waals surface area contributed by atoms with E-state index in [1.165, 1.54) is 4.68 Å². The van der Waals surface area contributed by atoms with E-state index in [0.717, 1.165) is 16.0 Å². The van der Waals surface area contributed by atoms with E-state index in [-0.39, 0.29) is 23.8 Å².